The molecule has 1 N–H and O–H groups in total. The van der Waals surface area contributed by atoms with Crippen molar-refractivity contribution < 1.29 is 22.7 Å². The van der Waals surface area contributed by atoms with Crippen molar-refractivity contribution in [2.75, 3.05) is 25.5 Å². The molecule has 0 saturated heterocycles. The van der Waals surface area contributed by atoms with Crippen molar-refractivity contribution in [1.82, 2.24) is 4.31 Å². The van der Waals surface area contributed by atoms with Crippen LogP contribution in [0.4, 0.5) is 10.1 Å². The minimum absolute atomic E-state index is 0.125. The highest BCUT2D eigenvalue weighted by molar-refractivity contribution is 7.89. The van der Waals surface area contributed by atoms with E-state index >= 15 is 0 Å². The molecule has 0 amide bonds. The normalized spacial score (nSPS) is 14.7. The van der Waals surface area contributed by atoms with Crippen LogP contribution in [0.5, 0.6) is 0 Å². The number of nitrogens with zero attached hydrogens (tertiary/aromatic N) is 2. The van der Waals surface area contributed by atoms with Crippen molar-refractivity contribution in [2.45, 2.75) is 17.9 Å². The van der Waals surface area contributed by atoms with Crippen LogP contribution < -0.4 is 4.90 Å². The van der Waals surface area contributed by atoms with E-state index in [0.717, 1.165) is 11.8 Å². The van der Waals surface area contributed by atoms with Crippen molar-refractivity contribution in [2.24, 2.45) is 0 Å². The van der Waals surface area contributed by atoms with Crippen molar-refractivity contribution in [3.63, 3.8) is 0 Å². The summed E-state index contributed by atoms with van der Waals surface area (Å²) in [6, 6.07) is 9.15. The van der Waals surface area contributed by atoms with Gasteiger partial charge in [0.2, 0.25) is 10.0 Å². The number of anilines is 1. The Kier molecular flexibility index (Phi) is 4.72. The summed E-state index contributed by atoms with van der Waals surface area (Å²) in [6.07, 6.45) is 0.336. The van der Waals surface area contributed by atoms with Crippen LogP contribution in [-0.2, 0) is 23.0 Å². The number of carboxylic acids is 1. The lowest BCUT2D eigenvalue weighted by Gasteiger charge is -2.29. The molecule has 1 aliphatic rings. The number of rotatable bonds is 4. The van der Waals surface area contributed by atoms with Gasteiger partial charge in [-0.3, -0.25) is 0 Å². The molecule has 138 valence electrons. The van der Waals surface area contributed by atoms with E-state index in [1.165, 1.54) is 16.4 Å². The predicted octanol–water partition coefficient (Wildman–Crippen LogP) is 2.34. The molecule has 0 radical (unpaired) electrons. The monoisotopic (exact) mass is 378 g/mol. The summed E-state index contributed by atoms with van der Waals surface area (Å²) < 4.78 is 41.2. The smallest absolute Gasteiger partial charge is 0.339 e. The molecule has 26 heavy (non-hydrogen) atoms. The van der Waals surface area contributed by atoms with E-state index in [4.69, 9.17) is 0 Å². The van der Waals surface area contributed by atoms with E-state index in [1.807, 2.05) is 14.1 Å². The molecule has 1 heterocycles. The van der Waals surface area contributed by atoms with Gasteiger partial charge in [0.15, 0.2) is 0 Å². The van der Waals surface area contributed by atoms with Gasteiger partial charge in [0.25, 0.3) is 0 Å². The zero-order valence-corrected chi connectivity index (χ0v) is 15.3. The Balaban J connectivity index is 2.01. The third-order valence-corrected chi connectivity index (χ3v) is 6.35. The second-order valence-corrected chi connectivity index (χ2v) is 8.28. The van der Waals surface area contributed by atoms with Gasteiger partial charge in [0, 0.05) is 32.9 Å². The second kappa shape index (κ2) is 6.69. The molecular formula is C18H19FN2O4S. The van der Waals surface area contributed by atoms with E-state index < -0.39 is 27.4 Å². The number of fused-ring (bicyclic) bond motifs is 1. The van der Waals surface area contributed by atoms with E-state index in [-0.39, 0.29) is 23.5 Å². The summed E-state index contributed by atoms with van der Waals surface area (Å²) in [6.45, 7) is 0.0511. The number of carbonyl (C=O) groups is 1. The third-order valence-electron chi connectivity index (χ3n) is 4.51. The summed E-state index contributed by atoms with van der Waals surface area (Å²) in [5.74, 6) is -2.25. The van der Waals surface area contributed by atoms with E-state index in [1.54, 1.807) is 23.1 Å². The lowest BCUT2D eigenvalue weighted by molar-refractivity contribution is 0.0689. The Morgan fingerprint density at radius 2 is 1.96 bits per heavy atom. The van der Waals surface area contributed by atoms with E-state index in [9.17, 15) is 22.7 Å². The van der Waals surface area contributed by atoms with Crippen molar-refractivity contribution in [3.8, 4) is 0 Å². The number of benzene rings is 2. The molecule has 0 aromatic heterocycles. The Morgan fingerprint density at radius 1 is 1.23 bits per heavy atom. The standard InChI is InChI=1S/C18H19FN2O4S/c1-20(2)13-4-3-5-14(10-13)26(24,25)21-9-8-12-6-7-16(19)17(18(22)23)15(12)11-21/h3-7,10H,8-9,11H2,1-2H3,(H,22,23). The van der Waals surface area contributed by atoms with Crippen LogP contribution >= 0.6 is 0 Å². The van der Waals surface area contributed by atoms with E-state index in [2.05, 4.69) is 0 Å². The van der Waals surface area contributed by atoms with Gasteiger partial charge in [-0.2, -0.15) is 4.31 Å². The zero-order chi connectivity index (χ0) is 19.1. The number of halogens is 1. The SMILES string of the molecule is CN(C)c1cccc(S(=O)(=O)N2CCc3ccc(F)c(C(=O)O)c3C2)c1. The molecule has 0 unspecified atom stereocenters. The van der Waals surface area contributed by atoms with Gasteiger partial charge in [0.05, 0.1) is 10.5 Å². The molecule has 0 fully saturated rings. The fourth-order valence-corrected chi connectivity index (χ4v) is 4.53. The Hall–Kier alpha value is -2.45. The van der Waals surface area contributed by atoms with Gasteiger partial charge in [-0.15, -0.1) is 0 Å². The fraction of sp³-hybridized carbons (Fsp3) is 0.278. The van der Waals surface area contributed by atoms with Gasteiger partial charge in [0.1, 0.15) is 5.82 Å². The molecular weight excluding hydrogens is 359 g/mol. The first-order valence-corrected chi connectivity index (χ1v) is 9.47. The summed E-state index contributed by atoms with van der Waals surface area (Å²) >= 11 is 0. The predicted molar refractivity (Wildman–Crippen MR) is 95.4 cm³/mol. The molecule has 0 spiro atoms. The van der Waals surface area contributed by atoms with Gasteiger partial charge < -0.3 is 10.0 Å². The Morgan fingerprint density at radius 3 is 2.62 bits per heavy atom. The lowest BCUT2D eigenvalue weighted by atomic mass is 9.95. The number of aromatic carboxylic acids is 1. The topological polar surface area (TPSA) is 77.9 Å². The average Bonchev–Trinajstić information content (AvgIpc) is 2.60. The molecule has 6 nitrogen and oxygen atoms in total. The first-order valence-electron chi connectivity index (χ1n) is 8.03. The Labute approximate surface area is 151 Å². The largest absolute Gasteiger partial charge is 0.478 e. The molecule has 2 aromatic carbocycles. The van der Waals surface area contributed by atoms with Gasteiger partial charge >= 0.3 is 5.97 Å². The maximum absolute atomic E-state index is 14.0. The molecule has 8 heteroatoms. The van der Waals surface area contributed by atoms with Gasteiger partial charge in [-0.1, -0.05) is 12.1 Å². The Bertz CT molecular complexity index is 973. The molecule has 0 atom stereocenters. The minimum atomic E-state index is -3.82. The third kappa shape index (κ3) is 3.17. The summed E-state index contributed by atoms with van der Waals surface area (Å²) in [7, 11) is -0.204. The van der Waals surface area contributed by atoms with E-state index in [0.29, 0.717) is 12.0 Å². The summed E-state index contributed by atoms with van der Waals surface area (Å²) in [5, 5.41) is 9.31. The quantitative estimate of drug-likeness (QED) is 0.884. The highest BCUT2D eigenvalue weighted by atomic mass is 32.2. The van der Waals surface area contributed by atoms with Gasteiger partial charge in [-0.25, -0.2) is 17.6 Å². The molecule has 2 aromatic rings. The number of hydrogen-bond acceptors (Lipinski definition) is 4. The first kappa shape index (κ1) is 18.3. The molecule has 1 aliphatic heterocycles. The van der Waals surface area contributed by atoms with Crippen LogP contribution in [0, 0.1) is 5.82 Å². The molecule has 0 saturated carbocycles. The first-order chi connectivity index (χ1) is 12.2. The van der Waals surface area contributed by atoms with Crippen LogP contribution in [0.3, 0.4) is 0 Å². The van der Waals surface area contributed by atoms with Crippen LogP contribution in [0.25, 0.3) is 0 Å². The highest BCUT2D eigenvalue weighted by Gasteiger charge is 2.32. The van der Waals surface area contributed by atoms with Crippen LogP contribution in [-0.4, -0.2) is 44.4 Å². The summed E-state index contributed by atoms with van der Waals surface area (Å²) in [5.41, 5.74) is 1.17. The van der Waals surface area contributed by atoms with Crippen LogP contribution in [0.15, 0.2) is 41.3 Å². The van der Waals surface area contributed by atoms with Crippen LogP contribution in [0.2, 0.25) is 0 Å². The van der Waals surface area contributed by atoms with Crippen molar-refractivity contribution >= 4 is 21.7 Å². The fourth-order valence-electron chi connectivity index (χ4n) is 3.09. The second-order valence-electron chi connectivity index (χ2n) is 6.35. The number of carboxylic acid groups (broad SMARTS) is 1. The minimum Gasteiger partial charge on any atom is -0.478 e. The van der Waals surface area contributed by atoms with Crippen molar-refractivity contribution in [1.29, 1.82) is 0 Å². The summed E-state index contributed by atoms with van der Waals surface area (Å²) in [4.78, 5) is 13.3. The number of sulfonamides is 1. The van der Waals surface area contributed by atoms with Crippen molar-refractivity contribution in [3.05, 3.63) is 58.9 Å². The molecule has 3 rings (SSSR count). The number of hydrogen-bond donors (Lipinski definition) is 1. The molecule has 0 aliphatic carbocycles. The maximum Gasteiger partial charge on any atom is 0.339 e. The van der Waals surface area contributed by atoms with Gasteiger partial charge in [-0.05, 0) is 41.8 Å². The maximum atomic E-state index is 14.0. The molecule has 0 bridgehead atoms. The lowest BCUT2D eigenvalue weighted by Crippen LogP contribution is -2.37. The highest BCUT2D eigenvalue weighted by Crippen LogP contribution is 2.29. The average molecular weight is 378 g/mol. The zero-order valence-electron chi connectivity index (χ0n) is 14.4. The van der Waals surface area contributed by atoms with Crippen LogP contribution in [0.1, 0.15) is 21.5 Å².